The highest BCUT2D eigenvalue weighted by atomic mass is 127. The zero-order chi connectivity index (χ0) is 19.9. The number of halogens is 1. The van der Waals surface area contributed by atoms with E-state index in [9.17, 15) is 0 Å². The van der Waals surface area contributed by atoms with E-state index in [1.165, 1.54) is 5.69 Å². The first-order valence-corrected chi connectivity index (χ1v) is 10.0. The maximum absolute atomic E-state index is 4.81. The van der Waals surface area contributed by atoms with E-state index in [4.69, 9.17) is 4.99 Å². The van der Waals surface area contributed by atoms with Crippen LogP contribution in [0.25, 0.3) is 0 Å². The van der Waals surface area contributed by atoms with Crippen molar-refractivity contribution in [2.24, 2.45) is 12.0 Å². The lowest BCUT2D eigenvalue weighted by Gasteiger charge is -2.33. The van der Waals surface area contributed by atoms with E-state index in [0.717, 1.165) is 56.6 Å². The Hall–Kier alpha value is -1.81. The molecule has 1 saturated heterocycles. The summed E-state index contributed by atoms with van der Waals surface area (Å²) >= 11 is 0. The Morgan fingerprint density at radius 3 is 2.52 bits per heavy atom. The molecule has 160 valence electrons. The number of aromatic nitrogens is 2. The van der Waals surface area contributed by atoms with Crippen LogP contribution < -0.4 is 10.2 Å². The first-order chi connectivity index (χ1) is 13.6. The molecule has 0 aromatic carbocycles. The van der Waals surface area contributed by atoms with Crippen LogP contribution in [0.3, 0.4) is 0 Å². The van der Waals surface area contributed by atoms with Crippen molar-refractivity contribution in [3.8, 4) is 0 Å². The maximum Gasteiger partial charge on any atom is 0.194 e. The van der Waals surface area contributed by atoms with Gasteiger partial charge in [-0.05, 0) is 37.7 Å². The van der Waals surface area contributed by atoms with E-state index in [2.05, 4.69) is 88.1 Å². The van der Waals surface area contributed by atoms with E-state index in [0.29, 0.717) is 6.54 Å². The van der Waals surface area contributed by atoms with Gasteiger partial charge in [-0.15, -0.1) is 24.0 Å². The van der Waals surface area contributed by atoms with E-state index in [1.54, 1.807) is 0 Å². The Bertz CT molecular complexity index is 764. The van der Waals surface area contributed by atoms with Crippen molar-refractivity contribution < 1.29 is 0 Å². The quantitative estimate of drug-likeness (QED) is 0.367. The van der Waals surface area contributed by atoms with Crippen LogP contribution in [-0.2, 0) is 20.1 Å². The summed E-state index contributed by atoms with van der Waals surface area (Å²) in [6.45, 7) is 8.63. The summed E-state index contributed by atoms with van der Waals surface area (Å²) in [6.07, 6.45) is 4.03. The number of rotatable bonds is 6. The summed E-state index contributed by atoms with van der Waals surface area (Å²) < 4.78 is 2.14. The molecule has 29 heavy (non-hydrogen) atoms. The number of hydrogen-bond donors (Lipinski definition) is 1. The number of aryl methyl sites for hydroxylation is 1. The number of hydrogen-bond acceptors (Lipinski definition) is 4. The predicted octanol–water partition coefficient (Wildman–Crippen LogP) is 2.39. The number of guanidine groups is 1. The van der Waals surface area contributed by atoms with Gasteiger partial charge in [-0.3, -0.25) is 0 Å². The molecule has 0 spiro atoms. The van der Waals surface area contributed by atoms with Gasteiger partial charge in [0.25, 0.3) is 0 Å². The number of piperazine rings is 1. The molecule has 0 bridgehead atoms. The molecular weight excluding hydrogens is 477 g/mol. The molecule has 1 aliphatic rings. The number of pyridine rings is 1. The maximum atomic E-state index is 4.81. The molecule has 2 aromatic rings. The van der Waals surface area contributed by atoms with Gasteiger partial charge < -0.3 is 24.6 Å². The summed E-state index contributed by atoms with van der Waals surface area (Å²) in [5.74, 6) is 1.97. The number of nitrogens with zero attached hydrogens (tertiary/aromatic N) is 6. The smallest absolute Gasteiger partial charge is 0.194 e. The third kappa shape index (κ3) is 6.60. The van der Waals surface area contributed by atoms with Crippen molar-refractivity contribution in [2.75, 3.05) is 51.7 Å². The van der Waals surface area contributed by atoms with Crippen molar-refractivity contribution in [2.45, 2.75) is 20.0 Å². The van der Waals surface area contributed by atoms with Gasteiger partial charge in [-0.1, -0.05) is 6.07 Å². The van der Waals surface area contributed by atoms with Gasteiger partial charge >= 0.3 is 0 Å². The van der Waals surface area contributed by atoms with E-state index in [1.807, 2.05) is 6.20 Å². The normalized spacial score (nSPS) is 15.2. The minimum Gasteiger partial charge on any atom is -0.357 e. The second-order valence-corrected chi connectivity index (χ2v) is 7.45. The molecule has 1 aliphatic heterocycles. The van der Waals surface area contributed by atoms with Crippen LogP contribution in [0.2, 0.25) is 0 Å². The van der Waals surface area contributed by atoms with Crippen LogP contribution in [0.1, 0.15) is 18.2 Å². The van der Waals surface area contributed by atoms with Gasteiger partial charge in [0.1, 0.15) is 5.82 Å². The molecular formula is C21H34IN7. The largest absolute Gasteiger partial charge is 0.357 e. The van der Waals surface area contributed by atoms with Crippen LogP contribution in [0.4, 0.5) is 5.82 Å². The third-order valence-electron chi connectivity index (χ3n) is 5.19. The van der Waals surface area contributed by atoms with Crippen molar-refractivity contribution in [1.29, 1.82) is 0 Å². The van der Waals surface area contributed by atoms with E-state index >= 15 is 0 Å². The zero-order valence-electron chi connectivity index (χ0n) is 18.0. The van der Waals surface area contributed by atoms with Gasteiger partial charge in [0, 0.05) is 64.9 Å². The fraction of sp³-hybridized carbons (Fsp3) is 0.524. The SMILES string of the molecule is CCNC(=NCc1ccc(N2CCN(C)CC2)nc1)N(C)Cc1cccn1C.I. The molecule has 3 rings (SSSR count). The second-order valence-electron chi connectivity index (χ2n) is 7.45. The van der Waals surface area contributed by atoms with Gasteiger partial charge in [0.15, 0.2) is 5.96 Å². The summed E-state index contributed by atoms with van der Waals surface area (Å²) in [6, 6.07) is 8.48. The third-order valence-corrected chi connectivity index (χ3v) is 5.19. The first kappa shape index (κ1) is 23.5. The first-order valence-electron chi connectivity index (χ1n) is 10.0. The lowest BCUT2D eigenvalue weighted by molar-refractivity contribution is 0.312. The van der Waals surface area contributed by atoms with Crippen LogP contribution in [0, 0.1) is 0 Å². The van der Waals surface area contributed by atoms with Gasteiger partial charge in [0.05, 0.1) is 13.1 Å². The number of anilines is 1. The molecule has 8 heteroatoms. The van der Waals surface area contributed by atoms with Crippen LogP contribution in [0.15, 0.2) is 41.7 Å². The molecule has 0 radical (unpaired) electrons. The average molecular weight is 511 g/mol. The molecule has 0 unspecified atom stereocenters. The number of likely N-dealkylation sites (N-methyl/N-ethyl adjacent to an activating group) is 1. The van der Waals surface area contributed by atoms with E-state index in [-0.39, 0.29) is 24.0 Å². The van der Waals surface area contributed by atoms with Gasteiger partial charge in [0.2, 0.25) is 0 Å². The molecule has 0 amide bonds. The Balaban J connectivity index is 0.00000300. The molecule has 7 nitrogen and oxygen atoms in total. The highest BCUT2D eigenvalue weighted by Crippen LogP contribution is 2.14. The molecule has 0 saturated carbocycles. The molecule has 1 N–H and O–H groups in total. The number of nitrogens with one attached hydrogen (secondary N) is 1. The Kier molecular flexibility index (Phi) is 9.22. The summed E-state index contributed by atoms with van der Waals surface area (Å²) in [5, 5.41) is 3.39. The lowest BCUT2D eigenvalue weighted by atomic mass is 10.2. The van der Waals surface area contributed by atoms with Crippen LogP contribution in [-0.4, -0.2) is 72.1 Å². The minimum atomic E-state index is 0. The molecule has 1 fully saturated rings. The topological polar surface area (TPSA) is 51.9 Å². The van der Waals surface area contributed by atoms with Gasteiger partial charge in [-0.25, -0.2) is 9.98 Å². The summed E-state index contributed by atoms with van der Waals surface area (Å²) in [5.41, 5.74) is 2.38. The van der Waals surface area contributed by atoms with Crippen molar-refractivity contribution in [3.63, 3.8) is 0 Å². The Morgan fingerprint density at radius 2 is 1.93 bits per heavy atom. The monoisotopic (exact) mass is 511 g/mol. The second kappa shape index (κ2) is 11.4. The molecule has 0 atom stereocenters. The van der Waals surface area contributed by atoms with Gasteiger partial charge in [-0.2, -0.15) is 0 Å². The van der Waals surface area contributed by atoms with Crippen molar-refractivity contribution in [3.05, 3.63) is 47.9 Å². The fourth-order valence-electron chi connectivity index (χ4n) is 3.35. The zero-order valence-corrected chi connectivity index (χ0v) is 20.3. The molecule has 0 aliphatic carbocycles. The van der Waals surface area contributed by atoms with Crippen molar-refractivity contribution >= 4 is 35.8 Å². The summed E-state index contributed by atoms with van der Waals surface area (Å²) in [4.78, 5) is 16.3. The highest BCUT2D eigenvalue weighted by molar-refractivity contribution is 14.0. The standard InChI is InChI=1S/C21H33N7.HI/c1-5-22-21(27(4)17-19-7-6-10-26(19)3)24-16-18-8-9-20(23-15-18)28-13-11-25(2)12-14-28;/h6-10,15H,5,11-14,16-17H2,1-4H3,(H,22,24);1H. The molecule has 3 heterocycles. The summed E-state index contributed by atoms with van der Waals surface area (Å²) in [7, 11) is 6.31. The van der Waals surface area contributed by atoms with Crippen molar-refractivity contribution in [1.82, 2.24) is 24.7 Å². The fourth-order valence-corrected chi connectivity index (χ4v) is 3.35. The molecule has 2 aromatic heterocycles. The minimum absolute atomic E-state index is 0. The number of aliphatic imine (C=N–C) groups is 1. The average Bonchev–Trinajstić information content (AvgIpc) is 3.10. The van der Waals surface area contributed by atoms with E-state index < -0.39 is 0 Å². The predicted molar refractivity (Wildman–Crippen MR) is 131 cm³/mol. The highest BCUT2D eigenvalue weighted by Gasteiger charge is 2.15. The Morgan fingerprint density at radius 1 is 1.17 bits per heavy atom. The van der Waals surface area contributed by atoms with Crippen LogP contribution in [0.5, 0.6) is 0 Å². The van der Waals surface area contributed by atoms with Crippen LogP contribution >= 0.6 is 24.0 Å². The Labute approximate surface area is 191 Å². The lowest BCUT2D eigenvalue weighted by Crippen LogP contribution is -2.44.